The van der Waals surface area contributed by atoms with E-state index in [4.69, 9.17) is 5.10 Å². The second kappa shape index (κ2) is 10.3. The summed E-state index contributed by atoms with van der Waals surface area (Å²) in [6, 6.07) is 8.34. The second-order valence-corrected chi connectivity index (χ2v) is 11.1. The van der Waals surface area contributed by atoms with Crippen LogP contribution in [0.3, 0.4) is 0 Å². The molecule has 3 aliphatic rings. The Morgan fingerprint density at radius 1 is 1.08 bits per heavy atom. The Morgan fingerprint density at radius 3 is 2.39 bits per heavy atom. The fourth-order valence-corrected chi connectivity index (χ4v) is 6.06. The zero-order valence-electron chi connectivity index (χ0n) is 21.6. The number of benzene rings is 1. The van der Waals surface area contributed by atoms with E-state index in [1.54, 1.807) is 30.7 Å². The Morgan fingerprint density at radius 2 is 1.76 bits per heavy atom. The van der Waals surface area contributed by atoms with Crippen molar-refractivity contribution in [2.45, 2.75) is 55.9 Å². The Balaban J connectivity index is 0.00000294. The van der Waals surface area contributed by atoms with Gasteiger partial charge in [-0.2, -0.15) is 5.10 Å². The normalized spacial score (nSPS) is 22.8. The standard InChI is InChI=1S/C28H33FN6O2.ClH/c1-27(9-10-27)24-23(17-32-35(24)22-7-14-33(15-8-22)26-30-12-2-13-31-26)25(37)34-16-11-28(18-34,19-36)20-3-5-21(29)6-4-20;/h2-6,12-13,17,22,36H,7-11,14-16,18-19H2,1H3;1H. The highest BCUT2D eigenvalue weighted by Crippen LogP contribution is 2.50. The Kier molecular flexibility index (Phi) is 7.17. The molecule has 2 saturated heterocycles. The van der Waals surface area contributed by atoms with E-state index >= 15 is 0 Å². The summed E-state index contributed by atoms with van der Waals surface area (Å²) in [4.78, 5) is 26.7. The maximum atomic E-state index is 13.9. The lowest BCUT2D eigenvalue weighted by Gasteiger charge is -2.33. The van der Waals surface area contributed by atoms with Crippen molar-refractivity contribution in [3.63, 3.8) is 0 Å². The lowest BCUT2D eigenvalue weighted by Crippen LogP contribution is -2.38. The van der Waals surface area contributed by atoms with E-state index in [0.717, 1.165) is 56.0 Å². The molecular formula is C28H34ClFN6O2. The van der Waals surface area contributed by atoms with Gasteiger partial charge in [-0.05, 0) is 55.9 Å². The molecule has 1 aliphatic carbocycles. The van der Waals surface area contributed by atoms with Crippen molar-refractivity contribution < 1.29 is 14.3 Å². The number of rotatable bonds is 6. The molecule has 3 aromatic rings. The summed E-state index contributed by atoms with van der Waals surface area (Å²) >= 11 is 0. The highest BCUT2D eigenvalue weighted by Gasteiger charge is 2.48. The van der Waals surface area contributed by atoms with E-state index in [1.165, 1.54) is 12.1 Å². The molecule has 0 radical (unpaired) electrons. The van der Waals surface area contributed by atoms with Gasteiger partial charge in [0.25, 0.3) is 5.91 Å². The molecule has 1 unspecified atom stereocenters. The molecule has 1 N–H and O–H groups in total. The fraction of sp³-hybridized carbons (Fsp3) is 0.500. The summed E-state index contributed by atoms with van der Waals surface area (Å²) in [5.74, 6) is 0.427. The van der Waals surface area contributed by atoms with Gasteiger partial charge in [0.05, 0.1) is 30.1 Å². The molecular weight excluding hydrogens is 507 g/mol. The van der Waals surface area contributed by atoms with Crippen molar-refractivity contribution in [2.75, 3.05) is 37.7 Å². The third kappa shape index (κ3) is 4.66. The average molecular weight is 541 g/mol. The number of hydrogen-bond acceptors (Lipinski definition) is 6. The largest absolute Gasteiger partial charge is 0.395 e. The molecule has 6 rings (SSSR count). The Bertz CT molecular complexity index is 1270. The summed E-state index contributed by atoms with van der Waals surface area (Å²) in [6.07, 6.45) is 9.86. The quantitative estimate of drug-likeness (QED) is 0.510. The van der Waals surface area contributed by atoms with Crippen molar-refractivity contribution in [3.05, 3.63) is 71.6 Å². The van der Waals surface area contributed by atoms with Crippen LogP contribution in [0.2, 0.25) is 0 Å². The van der Waals surface area contributed by atoms with Crippen LogP contribution in [0.5, 0.6) is 0 Å². The molecule has 8 nitrogen and oxygen atoms in total. The van der Waals surface area contributed by atoms with E-state index in [0.29, 0.717) is 25.1 Å². The lowest BCUT2D eigenvalue weighted by molar-refractivity contribution is 0.0771. The van der Waals surface area contributed by atoms with Gasteiger partial charge in [-0.15, -0.1) is 12.4 Å². The van der Waals surface area contributed by atoms with Crippen LogP contribution in [-0.2, 0) is 10.8 Å². The van der Waals surface area contributed by atoms with Crippen LogP contribution in [0.1, 0.15) is 66.7 Å². The number of aromatic nitrogens is 4. The third-order valence-corrected chi connectivity index (χ3v) is 8.64. The summed E-state index contributed by atoms with van der Waals surface area (Å²) in [5.41, 5.74) is 1.99. The molecule has 0 spiro atoms. The van der Waals surface area contributed by atoms with Crippen LogP contribution in [0.4, 0.5) is 10.3 Å². The molecule has 2 aliphatic heterocycles. The first kappa shape index (κ1) is 26.6. The number of anilines is 1. The van der Waals surface area contributed by atoms with Gasteiger partial charge in [-0.1, -0.05) is 19.1 Å². The molecule has 1 atom stereocenters. The summed E-state index contributed by atoms with van der Waals surface area (Å²) in [6.45, 7) is 4.78. The van der Waals surface area contributed by atoms with E-state index in [1.807, 2.05) is 11.0 Å². The van der Waals surface area contributed by atoms with Crippen molar-refractivity contribution in [1.82, 2.24) is 24.6 Å². The molecule has 202 valence electrons. The first-order valence-electron chi connectivity index (χ1n) is 13.2. The molecule has 4 heterocycles. The minimum atomic E-state index is -0.574. The number of carbonyl (C=O) groups is 1. The molecule has 0 bridgehead atoms. The SMILES string of the molecule is CC1(c2c(C(=O)N3CCC(CO)(c4ccc(F)cc4)C3)cnn2C2CCN(c3ncccn3)CC2)CC1.Cl. The Hall–Kier alpha value is -3.04. The fourth-order valence-electron chi connectivity index (χ4n) is 6.06. The monoisotopic (exact) mass is 540 g/mol. The zero-order valence-corrected chi connectivity index (χ0v) is 22.4. The van der Waals surface area contributed by atoms with E-state index in [9.17, 15) is 14.3 Å². The molecule has 1 aromatic carbocycles. The van der Waals surface area contributed by atoms with Crippen LogP contribution in [0.15, 0.2) is 48.9 Å². The van der Waals surface area contributed by atoms with Crippen LogP contribution in [0, 0.1) is 5.82 Å². The number of hydrogen-bond donors (Lipinski definition) is 1. The van der Waals surface area contributed by atoms with Crippen molar-refractivity contribution in [3.8, 4) is 0 Å². The summed E-state index contributed by atoms with van der Waals surface area (Å²) in [5, 5.41) is 15.1. The van der Waals surface area contributed by atoms with Crippen molar-refractivity contribution >= 4 is 24.3 Å². The predicted octanol–water partition coefficient (Wildman–Crippen LogP) is 3.90. The topological polar surface area (TPSA) is 87.4 Å². The smallest absolute Gasteiger partial charge is 0.257 e. The van der Waals surface area contributed by atoms with Gasteiger partial charge in [-0.3, -0.25) is 9.48 Å². The van der Waals surface area contributed by atoms with E-state index in [2.05, 4.69) is 26.5 Å². The third-order valence-electron chi connectivity index (χ3n) is 8.64. The molecule has 10 heteroatoms. The van der Waals surface area contributed by atoms with Crippen molar-refractivity contribution in [2.24, 2.45) is 0 Å². The lowest BCUT2D eigenvalue weighted by atomic mass is 9.80. The van der Waals surface area contributed by atoms with Gasteiger partial charge in [0, 0.05) is 49.4 Å². The molecule has 3 fully saturated rings. The van der Waals surface area contributed by atoms with E-state index < -0.39 is 5.41 Å². The van der Waals surface area contributed by atoms with Crippen LogP contribution >= 0.6 is 12.4 Å². The molecule has 38 heavy (non-hydrogen) atoms. The number of amides is 1. The van der Waals surface area contributed by atoms with Gasteiger partial charge < -0.3 is 14.9 Å². The van der Waals surface area contributed by atoms with Gasteiger partial charge in [0.15, 0.2) is 0 Å². The molecule has 2 aromatic heterocycles. The highest BCUT2D eigenvalue weighted by molar-refractivity contribution is 5.96. The number of aliphatic hydroxyl groups is 1. The number of likely N-dealkylation sites (tertiary alicyclic amines) is 1. The zero-order chi connectivity index (χ0) is 25.6. The number of carbonyl (C=O) groups excluding carboxylic acids is 1. The van der Waals surface area contributed by atoms with E-state index in [-0.39, 0.29) is 42.2 Å². The average Bonchev–Trinajstić information content (AvgIpc) is 3.33. The van der Waals surface area contributed by atoms with Gasteiger partial charge in [0.2, 0.25) is 5.95 Å². The van der Waals surface area contributed by atoms with Crippen LogP contribution in [-0.4, -0.2) is 68.4 Å². The number of aliphatic hydroxyl groups excluding tert-OH is 1. The van der Waals surface area contributed by atoms with Crippen molar-refractivity contribution in [1.29, 1.82) is 0 Å². The Labute approximate surface area is 228 Å². The minimum Gasteiger partial charge on any atom is -0.395 e. The number of nitrogens with zero attached hydrogens (tertiary/aromatic N) is 6. The minimum absolute atomic E-state index is 0. The highest BCUT2D eigenvalue weighted by atomic mass is 35.5. The first-order chi connectivity index (χ1) is 17.9. The number of halogens is 2. The maximum Gasteiger partial charge on any atom is 0.257 e. The van der Waals surface area contributed by atoms with Gasteiger partial charge in [-0.25, -0.2) is 14.4 Å². The van der Waals surface area contributed by atoms with Crippen LogP contribution < -0.4 is 4.90 Å². The van der Waals surface area contributed by atoms with Crippen LogP contribution in [0.25, 0.3) is 0 Å². The second-order valence-electron chi connectivity index (χ2n) is 11.1. The van der Waals surface area contributed by atoms with Gasteiger partial charge >= 0.3 is 0 Å². The summed E-state index contributed by atoms with van der Waals surface area (Å²) in [7, 11) is 0. The predicted molar refractivity (Wildman–Crippen MR) is 144 cm³/mol. The summed E-state index contributed by atoms with van der Waals surface area (Å²) < 4.78 is 15.6. The molecule has 1 saturated carbocycles. The van der Waals surface area contributed by atoms with Gasteiger partial charge in [0.1, 0.15) is 5.82 Å². The maximum absolute atomic E-state index is 13.9. The molecule has 1 amide bonds. The first-order valence-corrected chi connectivity index (χ1v) is 13.2. The number of piperidine rings is 1.